The first-order valence-corrected chi connectivity index (χ1v) is 8.21. The summed E-state index contributed by atoms with van der Waals surface area (Å²) < 4.78 is 1.99. The number of likely N-dealkylation sites (tertiary alicyclic amines) is 1. The van der Waals surface area contributed by atoms with Gasteiger partial charge in [0, 0.05) is 12.7 Å². The van der Waals surface area contributed by atoms with E-state index in [0.717, 1.165) is 41.9 Å². The van der Waals surface area contributed by atoms with Gasteiger partial charge in [-0.1, -0.05) is 12.1 Å². The highest BCUT2D eigenvalue weighted by molar-refractivity contribution is 5.81. The number of para-hydroxylation sites is 2. The highest BCUT2D eigenvalue weighted by Gasteiger charge is 2.31. The van der Waals surface area contributed by atoms with Gasteiger partial charge in [0.15, 0.2) is 0 Å². The van der Waals surface area contributed by atoms with Crippen LogP contribution in [0.15, 0.2) is 42.9 Å². The Morgan fingerprint density at radius 2 is 2.17 bits per heavy atom. The number of hydrogen-bond donors (Lipinski definition) is 0. The molecule has 6 nitrogen and oxygen atoms in total. The van der Waals surface area contributed by atoms with Crippen LogP contribution in [-0.4, -0.2) is 36.9 Å². The maximum Gasteiger partial charge on any atom is 0.243 e. The van der Waals surface area contributed by atoms with E-state index in [1.54, 1.807) is 12.5 Å². The molecule has 0 bridgehead atoms. The molecule has 1 unspecified atom stereocenters. The van der Waals surface area contributed by atoms with Crippen molar-refractivity contribution in [3.8, 4) is 0 Å². The van der Waals surface area contributed by atoms with Crippen LogP contribution in [0, 0.1) is 6.92 Å². The second-order valence-corrected chi connectivity index (χ2v) is 6.11. The van der Waals surface area contributed by atoms with Crippen molar-refractivity contribution < 1.29 is 4.79 Å². The molecule has 1 aliphatic rings. The van der Waals surface area contributed by atoms with Crippen molar-refractivity contribution in [3.63, 3.8) is 0 Å². The quantitative estimate of drug-likeness (QED) is 0.743. The van der Waals surface area contributed by atoms with Gasteiger partial charge in [0.05, 0.1) is 22.8 Å². The zero-order chi connectivity index (χ0) is 16.5. The number of carbonyl (C=O) groups is 1. The Balaban J connectivity index is 1.60. The molecule has 3 aromatic rings. The van der Waals surface area contributed by atoms with Crippen molar-refractivity contribution in [3.05, 3.63) is 54.4 Å². The molecule has 0 aliphatic carbocycles. The highest BCUT2D eigenvalue weighted by Crippen LogP contribution is 2.31. The molecule has 0 spiro atoms. The molecule has 1 aromatic carbocycles. The average Bonchev–Trinajstić information content (AvgIpc) is 3.21. The number of aromatic nitrogens is 4. The van der Waals surface area contributed by atoms with Crippen LogP contribution in [-0.2, 0) is 11.3 Å². The summed E-state index contributed by atoms with van der Waals surface area (Å²) >= 11 is 0. The van der Waals surface area contributed by atoms with Gasteiger partial charge in [-0.05, 0) is 38.0 Å². The lowest BCUT2D eigenvalue weighted by Crippen LogP contribution is -2.34. The number of amides is 1. The monoisotopic (exact) mass is 321 g/mol. The van der Waals surface area contributed by atoms with E-state index in [9.17, 15) is 4.79 Å². The third kappa shape index (κ3) is 2.54. The molecule has 24 heavy (non-hydrogen) atoms. The highest BCUT2D eigenvalue weighted by atomic mass is 16.2. The zero-order valence-electron chi connectivity index (χ0n) is 13.6. The second-order valence-electron chi connectivity index (χ2n) is 6.11. The summed E-state index contributed by atoms with van der Waals surface area (Å²) in [5.74, 6) is 0.977. The Bertz CT molecular complexity index is 874. The molecule has 1 saturated heterocycles. The minimum absolute atomic E-state index is 0.0515. The van der Waals surface area contributed by atoms with Crippen molar-refractivity contribution >= 4 is 16.9 Å². The van der Waals surface area contributed by atoms with E-state index >= 15 is 0 Å². The number of imidazole rings is 1. The Morgan fingerprint density at radius 3 is 3.00 bits per heavy atom. The topological polar surface area (TPSA) is 63.9 Å². The molecular weight excluding hydrogens is 302 g/mol. The fourth-order valence-electron chi connectivity index (χ4n) is 3.49. The summed E-state index contributed by atoms with van der Waals surface area (Å²) in [5, 5.41) is 0. The van der Waals surface area contributed by atoms with E-state index < -0.39 is 0 Å². The van der Waals surface area contributed by atoms with E-state index in [1.165, 1.54) is 0 Å². The van der Waals surface area contributed by atoms with Crippen molar-refractivity contribution in [1.82, 2.24) is 24.4 Å². The van der Waals surface area contributed by atoms with Gasteiger partial charge in [-0.25, -0.2) is 15.0 Å². The van der Waals surface area contributed by atoms with Crippen molar-refractivity contribution in [2.75, 3.05) is 6.54 Å². The van der Waals surface area contributed by atoms with Crippen LogP contribution in [0.1, 0.15) is 30.4 Å². The summed E-state index contributed by atoms with van der Waals surface area (Å²) in [5.41, 5.74) is 2.85. The standard InChI is InChI=1S/C18H19N5O/c1-13-21-15-5-2-3-6-17(15)23(13)11-18(24)22-10-4-7-16(22)14-8-9-19-12-20-14/h2-3,5-6,8-9,12,16H,4,7,10-11H2,1H3. The molecule has 1 aliphatic heterocycles. The third-order valence-corrected chi connectivity index (χ3v) is 4.66. The molecule has 0 saturated carbocycles. The van der Waals surface area contributed by atoms with Gasteiger partial charge < -0.3 is 9.47 Å². The van der Waals surface area contributed by atoms with Crippen LogP contribution in [0.5, 0.6) is 0 Å². The van der Waals surface area contributed by atoms with E-state index in [0.29, 0.717) is 6.54 Å². The van der Waals surface area contributed by atoms with Crippen LogP contribution in [0.25, 0.3) is 11.0 Å². The lowest BCUT2D eigenvalue weighted by Gasteiger charge is -2.24. The van der Waals surface area contributed by atoms with Gasteiger partial charge >= 0.3 is 0 Å². The lowest BCUT2D eigenvalue weighted by atomic mass is 10.1. The van der Waals surface area contributed by atoms with Crippen molar-refractivity contribution in [2.45, 2.75) is 32.4 Å². The first kappa shape index (κ1) is 14.8. The zero-order valence-corrected chi connectivity index (χ0v) is 13.6. The van der Waals surface area contributed by atoms with Crippen LogP contribution >= 0.6 is 0 Å². The SMILES string of the molecule is Cc1nc2ccccc2n1CC(=O)N1CCCC1c1ccncn1. The summed E-state index contributed by atoms with van der Waals surface area (Å²) in [7, 11) is 0. The van der Waals surface area contributed by atoms with Crippen molar-refractivity contribution in [1.29, 1.82) is 0 Å². The normalized spacial score (nSPS) is 17.5. The minimum atomic E-state index is 0.0515. The molecular formula is C18H19N5O. The Hall–Kier alpha value is -2.76. The number of carbonyl (C=O) groups excluding carboxylic acids is 1. The molecule has 0 radical (unpaired) electrons. The smallest absolute Gasteiger partial charge is 0.243 e. The molecule has 1 fully saturated rings. The van der Waals surface area contributed by atoms with Gasteiger partial charge in [-0.15, -0.1) is 0 Å². The summed E-state index contributed by atoms with van der Waals surface area (Å²) in [6.45, 7) is 3.03. The molecule has 0 N–H and O–H groups in total. The van der Waals surface area contributed by atoms with Crippen LogP contribution < -0.4 is 0 Å². The third-order valence-electron chi connectivity index (χ3n) is 4.66. The minimum Gasteiger partial charge on any atom is -0.333 e. The molecule has 6 heteroatoms. The Labute approximate surface area is 140 Å². The van der Waals surface area contributed by atoms with Gasteiger partial charge in [0.25, 0.3) is 0 Å². The van der Waals surface area contributed by atoms with Crippen LogP contribution in [0.3, 0.4) is 0 Å². The molecule has 3 heterocycles. The summed E-state index contributed by atoms with van der Waals surface area (Å²) in [6.07, 6.45) is 5.23. The molecule has 1 amide bonds. The van der Waals surface area contributed by atoms with Gasteiger partial charge in [0.2, 0.25) is 5.91 Å². The summed E-state index contributed by atoms with van der Waals surface area (Å²) in [4.78, 5) is 27.7. The predicted molar refractivity (Wildman–Crippen MR) is 90.2 cm³/mol. The van der Waals surface area contributed by atoms with Gasteiger partial charge in [0.1, 0.15) is 18.7 Å². The van der Waals surface area contributed by atoms with E-state index in [1.807, 2.05) is 46.7 Å². The van der Waals surface area contributed by atoms with E-state index in [2.05, 4.69) is 15.0 Å². The van der Waals surface area contributed by atoms with Gasteiger partial charge in [-0.2, -0.15) is 0 Å². The van der Waals surface area contributed by atoms with Crippen LogP contribution in [0.4, 0.5) is 0 Å². The number of hydrogen-bond acceptors (Lipinski definition) is 4. The van der Waals surface area contributed by atoms with Crippen molar-refractivity contribution in [2.24, 2.45) is 0 Å². The Kier molecular flexibility index (Phi) is 3.72. The first-order valence-electron chi connectivity index (χ1n) is 8.21. The molecule has 2 aromatic heterocycles. The van der Waals surface area contributed by atoms with Gasteiger partial charge in [-0.3, -0.25) is 4.79 Å². The largest absolute Gasteiger partial charge is 0.333 e. The Morgan fingerprint density at radius 1 is 1.29 bits per heavy atom. The fraction of sp³-hybridized carbons (Fsp3) is 0.333. The fourth-order valence-corrected chi connectivity index (χ4v) is 3.49. The predicted octanol–water partition coefficient (Wildman–Crippen LogP) is 2.50. The molecule has 1 atom stereocenters. The number of benzene rings is 1. The van der Waals surface area contributed by atoms with E-state index in [4.69, 9.17) is 0 Å². The number of aryl methyl sites for hydroxylation is 1. The number of fused-ring (bicyclic) bond motifs is 1. The average molecular weight is 321 g/mol. The lowest BCUT2D eigenvalue weighted by molar-refractivity contribution is -0.132. The second kappa shape index (κ2) is 6.03. The maximum absolute atomic E-state index is 12.9. The first-order chi connectivity index (χ1) is 11.7. The summed E-state index contributed by atoms with van der Waals surface area (Å²) in [6, 6.07) is 9.87. The van der Waals surface area contributed by atoms with E-state index in [-0.39, 0.29) is 11.9 Å². The number of rotatable bonds is 3. The molecule has 4 rings (SSSR count). The van der Waals surface area contributed by atoms with Crippen LogP contribution in [0.2, 0.25) is 0 Å². The number of nitrogens with zero attached hydrogens (tertiary/aromatic N) is 5. The molecule has 122 valence electrons. The maximum atomic E-state index is 12.9.